The van der Waals surface area contributed by atoms with E-state index >= 15 is 0 Å². The summed E-state index contributed by atoms with van der Waals surface area (Å²) in [7, 11) is 0. The van der Waals surface area contributed by atoms with Crippen molar-refractivity contribution in [3.8, 4) is 0 Å². The molecule has 3 rings (SSSR count). The second kappa shape index (κ2) is 10.1. The number of ether oxygens (including phenoxy) is 4. The quantitative estimate of drug-likeness (QED) is 0.179. The van der Waals surface area contributed by atoms with Crippen molar-refractivity contribution in [2.45, 2.75) is 92.1 Å². The van der Waals surface area contributed by atoms with Crippen LogP contribution < -0.4 is 22.9 Å². The van der Waals surface area contributed by atoms with Crippen LogP contribution in [0, 0.1) is 0 Å². The lowest BCUT2D eigenvalue weighted by atomic mass is 9.84. The van der Waals surface area contributed by atoms with Crippen LogP contribution in [-0.2, 0) is 18.9 Å². The molecule has 0 aromatic rings. The second-order valence-electron chi connectivity index (χ2n) is 8.30. The first-order valence-electron chi connectivity index (χ1n) is 10.2. The smallest absolute Gasteiger partial charge is 0.187 e. The molecule has 2 aliphatic heterocycles. The van der Waals surface area contributed by atoms with E-state index in [1.165, 1.54) is 0 Å². The Balaban J connectivity index is 1.70. The average Bonchev–Trinajstić information content (AvgIpc) is 3.01. The highest BCUT2D eigenvalue weighted by Crippen LogP contribution is 2.31. The third kappa shape index (κ3) is 4.87. The van der Waals surface area contributed by atoms with Gasteiger partial charge in [-0.15, -0.1) is 0 Å². The van der Waals surface area contributed by atoms with Crippen LogP contribution in [-0.4, -0.2) is 129 Å². The summed E-state index contributed by atoms with van der Waals surface area (Å²) >= 11 is 0. The molecule has 182 valence electrons. The minimum Gasteiger partial charge on any atom is -0.394 e. The molecule has 14 nitrogen and oxygen atoms in total. The van der Waals surface area contributed by atoms with Crippen LogP contribution in [0.4, 0.5) is 0 Å². The van der Waals surface area contributed by atoms with Crippen LogP contribution in [0.2, 0.25) is 0 Å². The van der Waals surface area contributed by atoms with Gasteiger partial charge in [-0.1, -0.05) is 0 Å². The predicted octanol–water partition coefficient (Wildman–Crippen LogP) is -6.65. The zero-order valence-corrected chi connectivity index (χ0v) is 16.8. The van der Waals surface area contributed by atoms with Gasteiger partial charge in [0.2, 0.25) is 0 Å². The van der Waals surface area contributed by atoms with Gasteiger partial charge in [0.15, 0.2) is 12.6 Å². The van der Waals surface area contributed by atoms with Gasteiger partial charge >= 0.3 is 0 Å². The number of hydrogen-bond donors (Lipinski definition) is 10. The lowest BCUT2D eigenvalue weighted by Gasteiger charge is -2.46. The summed E-state index contributed by atoms with van der Waals surface area (Å²) in [5, 5.41) is 60.3. The molecule has 14 atom stereocenters. The maximum atomic E-state index is 10.9. The van der Waals surface area contributed by atoms with Crippen molar-refractivity contribution in [1.82, 2.24) is 0 Å². The van der Waals surface area contributed by atoms with Crippen molar-refractivity contribution in [1.29, 1.82) is 0 Å². The highest BCUT2D eigenvalue weighted by molar-refractivity contribution is 5.01. The van der Waals surface area contributed by atoms with Gasteiger partial charge in [0.1, 0.15) is 54.9 Å². The maximum Gasteiger partial charge on any atom is 0.187 e. The van der Waals surface area contributed by atoms with E-state index in [9.17, 15) is 30.6 Å². The molecule has 2 saturated heterocycles. The Kier molecular flexibility index (Phi) is 8.21. The van der Waals surface area contributed by atoms with Gasteiger partial charge in [-0.3, -0.25) is 0 Å². The highest BCUT2D eigenvalue weighted by atomic mass is 16.7. The summed E-state index contributed by atoms with van der Waals surface area (Å²) in [4.78, 5) is 0. The SMILES string of the molecule is NC[C@H]1O[C@@H](OC2[C@H](N)CC(N)[C@H](O[C@@H]3OC(CO)[C@H](O)[C@H](O)C3N)[C@@H]2O)C(O)[C@H]1O. The molecular formula is C17H34N4O10. The number of aliphatic hydroxyl groups is 6. The van der Waals surface area contributed by atoms with Crippen molar-refractivity contribution < 1.29 is 49.6 Å². The van der Waals surface area contributed by atoms with Gasteiger partial charge in [0.05, 0.1) is 12.6 Å². The molecule has 0 amide bonds. The molecule has 0 radical (unpaired) electrons. The molecule has 0 aromatic carbocycles. The van der Waals surface area contributed by atoms with Crippen LogP contribution in [0.1, 0.15) is 6.42 Å². The van der Waals surface area contributed by atoms with Crippen molar-refractivity contribution >= 4 is 0 Å². The molecule has 5 unspecified atom stereocenters. The van der Waals surface area contributed by atoms with E-state index in [1.54, 1.807) is 0 Å². The monoisotopic (exact) mass is 454 g/mol. The first kappa shape index (κ1) is 25.1. The van der Waals surface area contributed by atoms with Crippen LogP contribution in [0.3, 0.4) is 0 Å². The van der Waals surface area contributed by atoms with E-state index in [-0.39, 0.29) is 13.0 Å². The Morgan fingerprint density at radius 3 is 1.74 bits per heavy atom. The van der Waals surface area contributed by atoms with E-state index in [0.717, 1.165) is 0 Å². The molecule has 14 heteroatoms. The van der Waals surface area contributed by atoms with Gasteiger partial charge in [-0.25, -0.2) is 0 Å². The zero-order valence-electron chi connectivity index (χ0n) is 16.8. The summed E-state index contributed by atoms with van der Waals surface area (Å²) < 4.78 is 22.2. The predicted molar refractivity (Wildman–Crippen MR) is 102 cm³/mol. The van der Waals surface area contributed by atoms with Crippen molar-refractivity contribution in [3.05, 3.63) is 0 Å². The van der Waals surface area contributed by atoms with Crippen LogP contribution in [0.5, 0.6) is 0 Å². The molecule has 14 N–H and O–H groups in total. The maximum absolute atomic E-state index is 10.9. The Bertz CT molecular complexity index is 591. The molecule has 3 aliphatic rings. The van der Waals surface area contributed by atoms with Crippen molar-refractivity contribution in [2.24, 2.45) is 22.9 Å². The fraction of sp³-hybridized carbons (Fsp3) is 1.00. The van der Waals surface area contributed by atoms with Crippen molar-refractivity contribution in [3.63, 3.8) is 0 Å². The van der Waals surface area contributed by atoms with Gasteiger partial charge < -0.3 is 72.5 Å². The van der Waals surface area contributed by atoms with E-state index in [1.807, 2.05) is 0 Å². The third-order valence-corrected chi connectivity index (χ3v) is 6.12. The highest BCUT2D eigenvalue weighted by Gasteiger charge is 2.51. The molecule has 0 bridgehead atoms. The molecule has 0 aromatic heterocycles. The molecular weight excluding hydrogens is 420 g/mol. The van der Waals surface area contributed by atoms with E-state index in [0.29, 0.717) is 0 Å². The van der Waals surface area contributed by atoms with Crippen LogP contribution in [0.25, 0.3) is 0 Å². The fourth-order valence-corrected chi connectivity index (χ4v) is 4.20. The summed E-state index contributed by atoms with van der Waals surface area (Å²) in [6.45, 7) is -0.646. The minimum atomic E-state index is -1.45. The Morgan fingerprint density at radius 1 is 0.710 bits per heavy atom. The topological polar surface area (TPSA) is 262 Å². The molecule has 3 fully saturated rings. The third-order valence-electron chi connectivity index (χ3n) is 6.12. The molecule has 2 heterocycles. The number of aliphatic hydroxyl groups excluding tert-OH is 6. The normalized spacial score (nSPS) is 53.6. The Morgan fingerprint density at radius 2 is 1.23 bits per heavy atom. The van der Waals surface area contributed by atoms with E-state index in [2.05, 4.69) is 0 Å². The number of hydrogen-bond acceptors (Lipinski definition) is 14. The molecule has 31 heavy (non-hydrogen) atoms. The summed E-state index contributed by atoms with van der Waals surface area (Å²) in [5.41, 5.74) is 23.6. The first-order valence-corrected chi connectivity index (χ1v) is 10.2. The Hall–Kier alpha value is -0.560. The van der Waals surface area contributed by atoms with Gasteiger partial charge in [-0.2, -0.15) is 0 Å². The van der Waals surface area contributed by atoms with E-state index < -0.39 is 92.2 Å². The zero-order chi connectivity index (χ0) is 23.0. The average molecular weight is 454 g/mol. The lowest BCUT2D eigenvalue weighted by molar-refractivity contribution is -0.301. The molecule has 1 aliphatic carbocycles. The summed E-state index contributed by atoms with van der Waals surface area (Å²) in [6, 6.07) is -2.71. The largest absolute Gasteiger partial charge is 0.394 e. The standard InChI is InChI=1S/C17H34N4O10/c18-2-6-9(23)12(26)17(28-6)31-15-5(20)1-4(19)14(13(15)27)30-16-8(21)11(25)10(24)7(3-22)29-16/h4-17,22-27H,1-3,18-21H2/t4?,5-,6-,7?,8?,9+,10+,11-,12?,13+,14+,15?,16+,17+/m1/s1. The molecule has 0 spiro atoms. The van der Waals surface area contributed by atoms with Gasteiger partial charge in [-0.05, 0) is 6.42 Å². The first-order chi connectivity index (χ1) is 14.6. The number of rotatable bonds is 6. The van der Waals surface area contributed by atoms with Crippen LogP contribution >= 0.6 is 0 Å². The fourth-order valence-electron chi connectivity index (χ4n) is 4.20. The lowest BCUT2D eigenvalue weighted by Crippen LogP contribution is -2.67. The minimum absolute atomic E-state index is 0.0505. The summed E-state index contributed by atoms with van der Waals surface area (Å²) in [6.07, 6.45) is -13.6. The summed E-state index contributed by atoms with van der Waals surface area (Å²) in [5.74, 6) is 0. The number of nitrogens with two attached hydrogens (primary N) is 4. The van der Waals surface area contributed by atoms with Gasteiger partial charge in [0, 0.05) is 18.6 Å². The van der Waals surface area contributed by atoms with Crippen LogP contribution in [0.15, 0.2) is 0 Å². The van der Waals surface area contributed by atoms with E-state index in [4.69, 9.17) is 41.9 Å². The van der Waals surface area contributed by atoms with Gasteiger partial charge in [0.25, 0.3) is 0 Å². The second-order valence-corrected chi connectivity index (χ2v) is 8.30. The Labute approximate surface area is 178 Å². The van der Waals surface area contributed by atoms with Crippen molar-refractivity contribution in [2.75, 3.05) is 13.2 Å². The molecule has 1 saturated carbocycles.